The van der Waals surface area contributed by atoms with Gasteiger partial charge in [0.25, 0.3) is 5.56 Å². The molecule has 1 unspecified atom stereocenters. The number of benzene rings is 1. The lowest BCUT2D eigenvalue weighted by molar-refractivity contribution is -0.139. The van der Waals surface area contributed by atoms with Crippen molar-refractivity contribution in [3.8, 4) is 0 Å². The molecule has 1 aromatic heterocycles. The minimum Gasteiger partial charge on any atom is -0.378 e. The van der Waals surface area contributed by atoms with Gasteiger partial charge < -0.3 is 14.6 Å². The summed E-state index contributed by atoms with van der Waals surface area (Å²) >= 11 is 0. The van der Waals surface area contributed by atoms with Crippen molar-refractivity contribution >= 4 is 16.8 Å². The highest BCUT2D eigenvalue weighted by Crippen LogP contribution is 2.14. The smallest absolute Gasteiger partial charge is 0.329 e. The van der Waals surface area contributed by atoms with Crippen molar-refractivity contribution in [1.29, 1.82) is 0 Å². The van der Waals surface area contributed by atoms with Crippen LogP contribution >= 0.6 is 0 Å². The number of ether oxygens (including phenoxy) is 1. The summed E-state index contributed by atoms with van der Waals surface area (Å²) < 4.78 is 6.29. The summed E-state index contributed by atoms with van der Waals surface area (Å²) in [6.45, 7) is 3.71. The number of hydrogen-bond donors (Lipinski definition) is 1. The van der Waals surface area contributed by atoms with Gasteiger partial charge in [0.15, 0.2) is 0 Å². The van der Waals surface area contributed by atoms with Gasteiger partial charge in [-0.1, -0.05) is 19.1 Å². The molecule has 0 aliphatic carbocycles. The Bertz CT molecular complexity index is 833. The van der Waals surface area contributed by atoms with Crippen LogP contribution in [0.5, 0.6) is 0 Å². The third kappa shape index (κ3) is 2.79. The van der Waals surface area contributed by atoms with E-state index in [1.165, 1.54) is 0 Å². The van der Waals surface area contributed by atoms with Crippen molar-refractivity contribution in [2.24, 2.45) is 0 Å². The van der Waals surface area contributed by atoms with E-state index in [2.05, 4.69) is 4.98 Å². The van der Waals surface area contributed by atoms with Gasteiger partial charge in [-0.2, -0.15) is 0 Å². The summed E-state index contributed by atoms with van der Waals surface area (Å²) in [7, 11) is 0. The average molecular weight is 317 g/mol. The van der Waals surface area contributed by atoms with Crippen molar-refractivity contribution in [1.82, 2.24) is 14.5 Å². The molecular weight excluding hydrogens is 298 g/mol. The Morgan fingerprint density at radius 3 is 2.65 bits per heavy atom. The number of H-pyrrole nitrogens is 1. The maximum absolute atomic E-state index is 12.7. The second-order valence-electron chi connectivity index (χ2n) is 5.51. The highest BCUT2D eigenvalue weighted by atomic mass is 16.5. The summed E-state index contributed by atoms with van der Waals surface area (Å²) in [5, 5.41) is 0.403. The molecule has 0 saturated carbocycles. The second kappa shape index (κ2) is 6.37. The van der Waals surface area contributed by atoms with Crippen LogP contribution in [0, 0.1) is 0 Å². The summed E-state index contributed by atoms with van der Waals surface area (Å²) in [4.78, 5) is 42.1. The first kappa shape index (κ1) is 15.5. The van der Waals surface area contributed by atoms with E-state index in [4.69, 9.17) is 4.74 Å². The minimum atomic E-state index is -0.797. The number of amides is 1. The number of carbonyl (C=O) groups is 1. The third-order valence-corrected chi connectivity index (χ3v) is 4.14. The van der Waals surface area contributed by atoms with Crippen molar-refractivity contribution < 1.29 is 9.53 Å². The summed E-state index contributed by atoms with van der Waals surface area (Å²) in [5.74, 6) is -0.210. The number of hydrogen-bond acceptors (Lipinski definition) is 4. The molecule has 122 valence electrons. The number of nitrogens with one attached hydrogen (secondary N) is 1. The van der Waals surface area contributed by atoms with E-state index in [1.54, 1.807) is 36.1 Å². The Morgan fingerprint density at radius 1 is 1.26 bits per heavy atom. The molecule has 1 amide bonds. The fourth-order valence-corrected chi connectivity index (χ4v) is 2.92. The van der Waals surface area contributed by atoms with Gasteiger partial charge in [0.1, 0.15) is 6.04 Å². The lowest BCUT2D eigenvalue weighted by Crippen LogP contribution is -2.48. The number of rotatable bonds is 3. The number of morpholine rings is 1. The molecule has 0 spiro atoms. The van der Waals surface area contributed by atoms with Crippen molar-refractivity contribution in [3.05, 3.63) is 45.1 Å². The van der Waals surface area contributed by atoms with Gasteiger partial charge in [0.05, 0.1) is 24.1 Å². The van der Waals surface area contributed by atoms with Gasteiger partial charge in [-0.05, 0) is 18.6 Å². The number of para-hydroxylation sites is 1. The third-order valence-electron chi connectivity index (χ3n) is 4.14. The standard InChI is InChI=1S/C16H19N3O4/c1-2-13(15(21)18-7-9-23-10-8-18)19-14(20)11-5-3-4-6-12(11)17-16(19)22/h3-6,13H,2,7-10H2,1H3,(H,17,22). The molecular formula is C16H19N3O4. The molecule has 2 aromatic rings. The minimum absolute atomic E-state index is 0.210. The number of aromatic nitrogens is 2. The van der Waals surface area contributed by atoms with Crippen LogP contribution < -0.4 is 11.2 Å². The van der Waals surface area contributed by atoms with E-state index < -0.39 is 17.3 Å². The van der Waals surface area contributed by atoms with Gasteiger partial charge in [-0.25, -0.2) is 9.36 Å². The van der Waals surface area contributed by atoms with E-state index in [-0.39, 0.29) is 5.91 Å². The lowest BCUT2D eigenvalue weighted by atomic mass is 10.1. The zero-order valence-corrected chi connectivity index (χ0v) is 12.9. The van der Waals surface area contributed by atoms with Gasteiger partial charge in [0.2, 0.25) is 5.91 Å². The van der Waals surface area contributed by atoms with Gasteiger partial charge in [0, 0.05) is 13.1 Å². The lowest BCUT2D eigenvalue weighted by Gasteiger charge is -2.30. The first-order valence-corrected chi connectivity index (χ1v) is 7.73. The molecule has 7 heteroatoms. The van der Waals surface area contributed by atoms with E-state index in [1.807, 2.05) is 0 Å². The molecule has 1 aliphatic heterocycles. The SMILES string of the molecule is CCC(C(=O)N1CCOCC1)n1c(=O)[nH]c2ccccc2c1=O. The van der Waals surface area contributed by atoms with Crippen LogP contribution in [-0.2, 0) is 9.53 Å². The zero-order valence-electron chi connectivity index (χ0n) is 12.9. The number of nitrogens with zero attached hydrogens (tertiary/aromatic N) is 2. The molecule has 1 aliphatic rings. The molecule has 1 N–H and O–H groups in total. The summed E-state index contributed by atoms with van der Waals surface area (Å²) in [6.07, 6.45) is 0.373. The predicted octanol–water partition coefficient (Wildman–Crippen LogP) is 0.500. The molecule has 0 bridgehead atoms. The van der Waals surface area contributed by atoms with Gasteiger partial charge in [-0.15, -0.1) is 0 Å². The first-order valence-electron chi connectivity index (χ1n) is 7.73. The van der Waals surface area contributed by atoms with Crippen molar-refractivity contribution in [2.45, 2.75) is 19.4 Å². The molecule has 2 heterocycles. The second-order valence-corrected chi connectivity index (χ2v) is 5.51. The molecule has 1 aromatic carbocycles. The van der Waals surface area contributed by atoms with Crippen LogP contribution in [0.15, 0.2) is 33.9 Å². The zero-order chi connectivity index (χ0) is 16.4. The maximum atomic E-state index is 12.7. The van der Waals surface area contributed by atoms with Crippen LogP contribution in [-0.4, -0.2) is 46.7 Å². The van der Waals surface area contributed by atoms with Crippen LogP contribution in [0.1, 0.15) is 19.4 Å². The maximum Gasteiger partial charge on any atom is 0.329 e. The highest BCUT2D eigenvalue weighted by molar-refractivity contribution is 5.82. The molecule has 0 radical (unpaired) electrons. The van der Waals surface area contributed by atoms with E-state index in [9.17, 15) is 14.4 Å². The molecule has 1 atom stereocenters. The Balaban J connectivity index is 2.07. The summed E-state index contributed by atoms with van der Waals surface area (Å²) in [5.41, 5.74) is -0.507. The van der Waals surface area contributed by atoms with Crippen molar-refractivity contribution in [2.75, 3.05) is 26.3 Å². The molecule has 7 nitrogen and oxygen atoms in total. The van der Waals surface area contributed by atoms with Gasteiger partial charge >= 0.3 is 5.69 Å². The molecule has 3 rings (SSSR count). The van der Waals surface area contributed by atoms with Crippen LogP contribution in [0.2, 0.25) is 0 Å². The largest absolute Gasteiger partial charge is 0.378 e. The van der Waals surface area contributed by atoms with Crippen LogP contribution in [0.3, 0.4) is 0 Å². The Morgan fingerprint density at radius 2 is 1.96 bits per heavy atom. The Kier molecular flexibility index (Phi) is 4.29. The quantitative estimate of drug-likeness (QED) is 0.893. The number of aromatic amines is 1. The normalized spacial score (nSPS) is 16.5. The summed E-state index contributed by atoms with van der Waals surface area (Å²) in [6, 6.07) is 6.01. The van der Waals surface area contributed by atoms with Crippen LogP contribution in [0.4, 0.5) is 0 Å². The molecule has 1 saturated heterocycles. The highest BCUT2D eigenvalue weighted by Gasteiger charge is 2.28. The topological polar surface area (TPSA) is 84.4 Å². The average Bonchev–Trinajstić information content (AvgIpc) is 2.59. The molecule has 1 fully saturated rings. The molecule has 23 heavy (non-hydrogen) atoms. The Hall–Kier alpha value is -2.41. The number of fused-ring (bicyclic) bond motifs is 1. The number of carbonyl (C=O) groups excluding carboxylic acids is 1. The van der Waals surface area contributed by atoms with Gasteiger partial charge in [-0.3, -0.25) is 9.59 Å². The van der Waals surface area contributed by atoms with E-state index in [0.717, 1.165) is 4.57 Å². The van der Waals surface area contributed by atoms with Crippen molar-refractivity contribution in [3.63, 3.8) is 0 Å². The monoisotopic (exact) mass is 317 g/mol. The fourth-order valence-electron chi connectivity index (χ4n) is 2.92. The van der Waals surface area contributed by atoms with Crippen LogP contribution in [0.25, 0.3) is 10.9 Å². The fraction of sp³-hybridized carbons (Fsp3) is 0.438. The Labute approximate surface area is 132 Å². The predicted molar refractivity (Wildman–Crippen MR) is 85.6 cm³/mol. The van der Waals surface area contributed by atoms with E-state index >= 15 is 0 Å². The van der Waals surface area contributed by atoms with E-state index in [0.29, 0.717) is 43.6 Å². The first-order chi connectivity index (χ1) is 11.1.